The predicted octanol–water partition coefficient (Wildman–Crippen LogP) is 3.44. The highest BCUT2D eigenvalue weighted by Gasteiger charge is 2.75. The summed E-state index contributed by atoms with van der Waals surface area (Å²) in [5.74, 6) is -1.44. The third kappa shape index (κ3) is 3.31. The first-order valence-electron chi connectivity index (χ1n) is 8.79. The fourth-order valence-corrected chi connectivity index (χ4v) is 6.02. The highest BCUT2D eigenvalue weighted by atomic mass is 32.2. The van der Waals surface area contributed by atoms with Gasteiger partial charge in [0.2, 0.25) is 15.9 Å². The van der Waals surface area contributed by atoms with Crippen molar-refractivity contribution in [2.45, 2.75) is 24.5 Å². The van der Waals surface area contributed by atoms with Crippen LogP contribution in [0.5, 0.6) is 5.75 Å². The van der Waals surface area contributed by atoms with Gasteiger partial charge in [-0.15, -0.1) is 13.2 Å². The predicted molar refractivity (Wildman–Crippen MR) is 100 cm³/mol. The Bertz CT molecular complexity index is 1050. The first kappa shape index (κ1) is 19.6. The summed E-state index contributed by atoms with van der Waals surface area (Å²) >= 11 is 0. The molecule has 4 rings (SSSR count). The van der Waals surface area contributed by atoms with Crippen LogP contribution in [0.15, 0.2) is 48.5 Å². The first-order chi connectivity index (χ1) is 13.5. The number of nitrogens with one attached hydrogen (secondary N) is 1. The molecule has 0 unspecified atom stereocenters. The number of fused-ring (bicyclic) bond motifs is 1. The van der Waals surface area contributed by atoms with E-state index in [-0.39, 0.29) is 24.6 Å². The Morgan fingerprint density at radius 3 is 2.34 bits per heavy atom. The number of amides is 1. The highest BCUT2D eigenvalue weighted by molar-refractivity contribution is 7.95. The van der Waals surface area contributed by atoms with Gasteiger partial charge in [-0.2, -0.15) is 0 Å². The number of hydrogen-bond acceptors (Lipinski definition) is 4. The van der Waals surface area contributed by atoms with E-state index in [0.29, 0.717) is 5.69 Å². The number of hydrogen-bond donors (Lipinski definition) is 1. The van der Waals surface area contributed by atoms with Gasteiger partial charge in [-0.05, 0) is 49.7 Å². The van der Waals surface area contributed by atoms with Gasteiger partial charge in [0, 0.05) is 18.2 Å². The maximum absolute atomic E-state index is 13.1. The van der Waals surface area contributed by atoms with Crippen LogP contribution in [0.2, 0.25) is 0 Å². The zero-order valence-corrected chi connectivity index (χ0v) is 16.0. The fraction of sp³-hybridized carbons (Fsp3) is 0.316. The van der Waals surface area contributed by atoms with Crippen molar-refractivity contribution in [1.29, 1.82) is 0 Å². The molecule has 154 valence electrons. The van der Waals surface area contributed by atoms with Gasteiger partial charge >= 0.3 is 6.36 Å². The number of sulfonamides is 1. The maximum Gasteiger partial charge on any atom is 0.573 e. The lowest BCUT2D eigenvalue weighted by molar-refractivity contribution is -0.274. The summed E-state index contributed by atoms with van der Waals surface area (Å²) in [5.41, 5.74) is 1.68. The van der Waals surface area contributed by atoms with E-state index in [9.17, 15) is 26.4 Å². The third-order valence-electron chi connectivity index (χ3n) is 5.24. The summed E-state index contributed by atoms with van der Waals surface area (Å²) in [6.45, 7) is 2.11. The molecule has 29 heavy (non-hydrogen) atoms. The average Bonchev–Trinajstić information content (AvgIpc) is 3.32. The molecule has 0 aromatic heterocycles. The molecule has 2 aromatic carbocycles. The van der Waals surface area contributed by atoms with Gasteiger partial charge < -0.3 is 10.1 Å². The molecule has 0 spiro atoms. The van der Waals surface area contributed by atoms with Gasteiger partial charge in [-0.1, -0.05) is 17.7 Å². The van der Waals surface area contributed by atoms with Crippen molar-refractivity contribution in [3.8, 4) is 5.75 Å². The first-order valence-corrected chi connectivity index (χ1v) is 10.2. The van der Waals surface area contributed by atoms with Gasteiger partial charge in [0.05, 0.1) is 5.69 Å². The van der Waals surface area contributed by atoms with Crippen LogP contribution in [0, 0.1) is 12.8 Å². The zero-order valence-electron chi connectivity index (χ0n) is 15.2. The van der Waals surface area contributed by atoms with Crippen LogP contribution in [-0.4, -0.2) is 32.0 Å². The lowest BCUT2D eigenvalue weighted by atomic mass is 10.2. The van der Waals surface area contributed by atoms with Gasteiger partial charge in [0.1, 0.15) is 5.75 Å². The number of carbonyl (C=O) groups is 1. The highest BCUT2D eigenvalue weighted by Crippen LogP contribution is 2.58. The molecule has 1 saturated heterocycles. The largest absolute Gasteiger partial charge is 0.573 e. The molecule has 0 bridgehead atoms. The number of ether oxygens (including phenoxy) is 1. The number of anilines is 2. The Morgan fingerprint density at radius 2 is 1.76 bits per heavy atom. The summed E-state index contributed by atoms with van der Waals surface area (Å²) in [4.78, 5) is 12.8. The standard InChI is InChI=1S/C19H17F3N2O4S/c1-12-2-6-15(7-3-12)24-11-13-10-18(13,29(24,26)27)17(25)23-14-4-8-16(9-5-14)28-19(20,21)22/h2-9,13H,10-11H2,1H3,(H,23,25)/t13-,18-/m0/s1. The van der Waals surface area contributed by atoms with Gasteiger partial charge in [0.15, 0.2) is 4.75 Å². The van der Waals surface area contributed by atoms with Crippen LogP contribution >= 0.6 is 0 Å². The fourth-order valence-electron chi connectivity index (χ4n) is 3.66. The molecule has 2 aliphatic rings. The lowest BCUT2D eigenvalue weighted by Gasteiger charge is -2.23. The summed E-state index contributed by atoms with van der Waals surface area (Å²) in [5, 5.41) is 2.51. The maximum atomic E-state index is 13.1. The Labute approximate surface area is 165 Å². The van der Waals surface area contributed by atoms with Crippen LogP contribution in [0.4, 0.5) is 24.5 Å². The molecule has 1 heterocycles. The molecule has 10 heteroatoms. The topological polar surface area (TPSA) is 75.7 Å². The minimum Gasteiger partial charge on any atom is -0.406 e. The van der Waals surface area contributed by atoms with Crippen molar-refractivity contribution in [2.24, 2.45) is 5.92 Å². The Hall–Kier alpha value is -2.75. The van der Waals surface area contributed by atoms with Crippen LogP contribution in [0.3, 0.4) is 0 Å². The van der Waals surface area contributed by atoms with Crippen LogP contribution in [0.1, 0.15) is 12.0 Å². The van der Waals surface area contributed by atoms with Crippen molar-refractivity contribution in [3.63, 3.8) is 0 Å². The van der Waals surface area contributed by atoms with Crippen molar-refractivity contribution in [2.75, 3.05) is 16.2 Å². The van der Waals surface area contributed by atoms with Gasteiger partial charge in [-0.3, -0.25) is 9.10 Å². The zero-order chi connectivity index (χ0) is 21.0. The van der Waals surface area contributed by atoms with E-state index >= 15 is 0 Å². The van der Waals surface area contributed by atoms with Crippen molar-refractivity contribution in [1.82, 2.24) is 0 Å². The number of nitrogens with zero attached hydrogens (tertiary/aromatic N) is 1. The van der Waals surface area contributed by atoms with Crippen molar-refractivity contribution in [3.05, 3.63) is 54.1 Å². The molecule has 1 saturated carbocycles. The Balaban J connectivity index is 1.51. The van der Waals surface area contributed by atoms with E-state index in [1.165, 1.54) is 16.4 Å². The second-order valence-electron chi connectivity index (χ2n) is 7.19. The molecule has 6 nitrogen and oxygen atoms in total. The number of alkyl halides is 3. The normalized spacial score (nSPS) is 24.7. The van der Waals surface area contributed by atoms with E-state index in [0.717, 1.165) is 17.7 Å². The smallest absolute Gasteiger partial charge is 0.406 e. The van der Waals surface area contributed by atoms with Crippen molar-refractivity contribution < 1.29 is 31.1 Å². The monoisotopic (exact) mass is 426 g/mol. The van der Waals surface area contributed by atoms with E-state index in [1.54, 1.807) is 24.3 Å². The van der Waals surface area contributed by atoms with Crippen LogP contribution < -0.4 is 14.4 Å². The molecule has 2 atom stereocenters. The Kier molecular flexibility index (Phi) is 4.30. The van der Waals surface area contributed by atoms with Gasteiger partial charge in [0.25, 0.3) is 0 Å². The summed E-state index contributed by atoms with van der Waals surface area (Å²) in [6.07, 6.45) is -4.60. The number of aryl methyl sites for hydroxylation is 1. The third-order valence-corrected chi connectivity index (χ3v) is 7.78. The number of halogens is 3. The number of carbonyl (C=O) groups excluding carboxylic acids is 1. The van der Waals surface area contributed by atoms with Crippen LogP contribution in [-0.2, 0) is 14.8 Å². The van der Waals surface area contributed by atoms with E-state index in [4.69, 9.17) is 0 Å². The molecule has 0 radical (unpaired) electrons. The lowest BCUT2D eigenvalue weighted by Crippen LogP contribution is -2.42. The summed E-state index contributed by atoms with van der Waals surface area (Å²) in [6, 6.07) is 11.5. The van der Waals surface area contributed by atoms with Gasteiger partial charge in [-0.25, -0.2) is 8.42 Å². The summed E-state index contributed by atoms with van der Waals surface area (Å²) in [7, 11) is -3.92. The van der Waals surface area contributed by atoms with E-state index in [1.807, 2.05) is 6.92 Å². The molecule has 1 aliphatic heterocycles. The quantitative estimate of drug-likeness (QED) is 0.813. The van der Waals surface area contributed by atoms with E-state index in [2.05, 4.69) is 10.1 Å². The Morgan fingerprint density at radius 1 is 1.14 bits per heavy atom. The molecular weight excluding hydrogens is 409 g/mol. The minimum absolute atomic E-state index is 0.188. The van der Waals surface area contributed by atoms with E-state index < -0.39 is 32.8 Å². The second kappa shape index (κ2) is 6.38. The summed E-state index contributed by atoms with van der Waals surface area (Å²) < 4.78 is 66.4. The average molecular weight is 426 g/mol. The molecule has 2 aromatic rings. The van der Waals surface area contributed by atoms with Crippen molar-refractivity contribution >= 4 is 27.3 Å². The number of benzene rings is 2. The molecule has 1 N–H and O–H groups in total. The van der Waals surface area contributed by atoms with Crippen LogP contribution in [0.25, 0.3) is 0 Å². The SMILES string of the molecule is Cc1ccc(N2C[C@@H]3C[C@]3(C(=O)Nc3ccc(OC(F)(F)F)cc3)S2(=O)=O)cc1. The molecule has 1 aliphatic carbocycles. The molecule has 1 amide bonds. The second-order valence-corrected chi connectivity index (χ2v) is 9.31. The number of rotatable bonds is 4. The minimum atomic E-state index is -4.82. The molecular formula is C19H17F3N2O4S. The molecule has 2 fully saturated rings.